The molecule has 0 radical (unpaired) electrons. The molecular formula is C13H10N4O5. The van der Waals surface area contributed by atoms with E-state index in [4.69, 9.17) is 10.8 Å². The minimum Gasteiger partial charge on any atom is -0.506 e. The Kier molecular flexibility index (Phi) is 2.77. The topological polar surface area (TPSA) is 154 Å². The highest BCUT2D eigenvalue weighted by molar-refractivity contribution is 5.91. The number of benzene rings is 1. The first-order valence-electron chi connectivity index (χ1n) is 6.05. The molecule has 22 heavy (non-hydrogen) atoms. The van der Waals surface area contributed by atoms with Crippen molar-refractivity contribution in [1.82, 2.24) is 14.8 Å². The fourth-order valence-corrected chi connectivity index (χ4v) is 2.15. The van der Waals surface area contributed by atoms with Crippen LogP contribution in [0.1, 0.15) is 10.4 Å². The van der Waals surface area contributed by atoms with Gasteiger partial charge in [-0.25, -0.2) is 9.48 Å². The summed E-state index contributed by atoms with van der Waals surface area (Å²) in [6, 6.07) is 4.84. The molecule has 0 aliphatic heterocycles. The van der Waals surface area contributed by atoms with Crippen LogP contribution < -0.4 is 11.3 Å². The van der Waals surface area contributed by atoms with Crippen LogP contribution in [0.4, 0.5) is 5.82 Å². The number of aromatic hydroxyl groups is 2. The lowest BCUT2D eigenvalue weighted by molar-refractivity contribution is 0.0696. The summed E-state index contributed by atoms with van der Waals surface area (Å²) < 4.78 is 1.10. The van der Waals surface area contributed by atoms with Crippen molar-refractivity contribution in [3.8, 4) is 17.3 Å². The van der Waals surface area contributed by atoms with Crippen LogP contribution in [0.2, 0.25) is 0 Å². The number of carboxylic acid groups (broad SMARTS) is 1. The van der Waals surface area contributed by atoms with E-state index in [9.17, 15) is 19.8 Å². The summed E-state index contributed by atoms with van der Waals surface area (Å²) in [6.45, 7) is 0. The number of nitrogens with zero attached hydrogens (tertiary/aromatic N) is 2. The molecule has 9 heteroatoms. The van der Waals surface area contributed by atoms with E-state index in [1.807, 2.05) is 0 Å². The highest BCUT2D eigenvalue weighted by Gasteiger charge is 2.17. The van der Waals surface area contributed by atoms with Gasteiger partial charge in [-0.1, -0.05) is 0 Å². The third-order valence-electron chi connectivity index (χ3n) is 3.14. The monoisotopic (exact) mass is 302 g/mol. The van der Waals surface area contributed by atoms with E-state index < -0.39 is 11.5 Å². The molecule has 0 aliphatic rings. The Hall–Kier alpha value is -3.49. The minimum atomic E-state index is -1.19. The smallest absolute Gasteiger partial charge is 0.335 e. The second-order valence-electron chi connectivity index (χ2n) is 4.55. The quantitative estimate of drug-likeness (QED) is 0.459. The molecule has 3 rings (SSSR count). The van der Waals surface area contributed by atoms with Gasteiger partial charge in [-0.2, -0.15) is 5.10 Å². The van der Waals surface area contributed by atoms with E-state index in [0.717, 1.165) is 10.7 Å². The lowest BCUT2D eigenvalue weighted by atomic mass is 10.2. The molecule has 3 aromatic rings. The SMILES string of the molecule is Nc1c2c(=O)[nH]c(O)cc2nn1-c1ccc(C(=O)O)cc1O. The molecule has 112 valence electrons. The summed E-state index contributed by atoms with van der Waals surface area (Å²) >= 11 is 0. The number of anilines is 1. The van der Waals surface area contributed by atoms with E-state index in [1.54, 1.807) is 0 Å². The Morgan fingerprint density at radius 3 is 2.64 bits per heavy atom. The predicted molar refractivity (Wildman–Crippen MR) is 76.4 cm³/mol. The molecule has 0 saturated heterocycles. The number of H-pyrrole nitrogens is 1. The number of hydrogen-bond donors (Lipinski definition) is 5. The van der Waals surface area contributed by atoms with Gasteiger partial charge in [-0.3, -0.25) is 9.78 Å². The Bertz CT molecular complexity index is 972. The number of hydrogen-bond acceptors (Lipinski definition) is 6. The molecule has 0 amide bonds. The number of rotatable bonds is 2. The summed E-state index contributed by atoms with van der Waals surface area (Å²) in [4.78, 5) is 24.8. The van der Waals surface area contributed by atoms with Gasteiger partial charge in [-0.05, 0) is 18.2 Å². The average Bonchev–Trinajstić information content (AvgIpc) is 2.75. The molecule has 0 unspecified atom stereocenters. The zero-order chi connectivity index (χ0) is 16.0. The van der Waals surface area contributed by atoms with Crippen LogP contribution in [-0.2, 0) is 0 Å². The van der Waals surface area contributed by atoms with Gasteiger partial charge in [0.2, 0.25) is 0 Å². The number of nitrogens with two attached hydrogens (primary N) is 1. The molecule has 2 heterocycles. The van der Waals surface area contributed by atoms with Crippen molar-refractivity contribution in [2.75, 3.05) is 5.73 Å². The van der Waals surface area contributed by atoms with Crippen LogP contribution in [0.3, 0.4) is 0 Å². The molecule has 6 N–H and O–H groups in total. The molecule has 0 spiro atoms. The number of fused-ring (bicyclic) bond motifs is 1. The van der Waals surface area contributed by atoms with Crippen LogP contribution in [0.15, 0.2) is 29.1 Å². The summed E-state index contributed by atoms with van der Waals surface area (Å²) in [6.07, 6.45) is 0. The Balaban J connectivity index is 2.27. The van der Waals surface area contributed by atoms with Crippen molar-refractivity contribution in [3.63, 3.8) is 0 Å². The number of nitrogens with one attached hydrogen (secondary N) is 1. The van der Waals surface area contributed by atoms with Crippen molar-refractivity contribution in [1.29, 1.82) is 0 Å². The molecule has 1 aromatic carbocycles. The van der Waals surface area contributed by atoms with Gasteiger partial charge in [0.25, 0.3) is 5.56 Å². The van der Waals surface area contributed by atoms with Gasteiger partial charge in [0, 0.05) is 6.07 Å². The lowest BCUT2D eigenvalue weighted by Gasteiger charge is -2.07. The lowest BCUT2D eigenvalue weighted by Crippen LogP contribution is -2.08. The maximum absolute atomic E-state index is 11.8. The molecule has 9 nitrogen and oxygen atoms in total. The standard InChI is InChI=1S/C13H10N4O5/c14-11-10-6(4-9(19)15-12(10)20)16-17(11)7-2-1-5(13(21)22)3-8(7)18/h1-4,18-19H,14H2,(H,15,20)(H,21,22). The second kappa shape index (κ2) is 4.52. The normalized spacial score (nSPS) is 10.9. The number of nitrogen functional groups attached to an aromatic ring is 1. The zero-order valence-corrected chi connectivity index (χ0v) is 10.9. The number of phenols is 1. The fraction of sp³-hybridized carbons (Fsp3) is 0. The number of phenolic OH excluding ortho intramolecular Hbond substituents is 1. The maximum atomic E-state index is 11.8. The summed E-state index contributed by atoms with van der Waals surface area (Å²) in [5, 5.41) is 32.3. The molecule has 0 saturated carbocycles. The zero-order valence-electron chi connectivity index (χ0n) is 10.9. The van der Waals surface area contributed by atoms with Crippen molar-refractivity contribution in [3.05, 3.63) is 40.2 Å². The van der Waals surface area contributed by atoms with Crippen LogP contribution in [0, 0.1) is 0 Å². The van der Waals surface area contributed by atoms with Crippen LogP contribution in [0.5, 0.6) is 11.6 Å². The maximum Gasteiger partial charge on any atom is 0.335 e. The van der Waals surface area contributed by atoms with Gasteiger partial charge in [0.05, 0.1) is 5.56 Å². The van der Waals surface area contributed by atoms with E-state index in [2.05, 4.69) is 10.1 Å². The first-order chi connectivity index (χ1) is 10.4. The van der Waals surface area contributed by atoms with Gasteiger partial charge < -0.3 is 21.1 Å². The van der Waals surface area contributed by atoms with E-state index in [0.29, 0.717) is 0 Å². The van der Waals surface area contributed by atoms with E-state index in [1.165, 1.54) is 18.2 Å². The van der Waals surface area contributed by atoms with Crippen molar-refractivity contribution < 1.29 is 20.1 Å². The number of aromatic nitrogens is 3. The van der Waals surface area contributed by atoms with E-state index in [-0.39, 0.29) is 39.6 Å². The molecule has 0 fully saturated rings. The Labute approximate surface area is 121 Å². The van der Waals surface area contributed by atoms with Gasteiger partial charge in [-0.15, -0.1) is 0 Å². The number of carbonyl (C=O) groups is 1. The van der Waals surface area contributed by atoms with Crippen molar-refractivity contribution in [2.45, 2.75) is 0 Å². The molecule has 2 aromatic heterocycles. The molecular weight excluding hydrogens is 292 g/mol. The van der Waals surface area contributed by atoms with Gasteiger partial charge in [0.15, 0.2) is 5.88 Å². The first kappa shape index (κ1) is 13.5. The third-order valence-corrected chi connectivity index (χ3v) is 3.14. The predicted octanol–water partition coefficient (Wildman–Crippen LogP) is 0.405. The number of aromatic carboxylic acids is 1. The van der Waals surface area contributed by atoms with Crippen molar-refractivity contribution >= 4 is 22.7 Å². The summed E-state index contributed by atoms with van der Waals surface area (Å²) in [5.74, 6) is -1.97. The Morgan fingerprint density at radius 1 is 1.27 bits per heavy atom. The van der Waals surface area contributed by atoms with Crippen molar-refractivity contribution in [2.24, 2.45) is 0 Å². The molecule has 0 atom stereocenters. The average molecular weight is 302 g/mol. The molecule has 0 bridgehead atoms. The molecule has 0 aliphatic carbocycles. The highest BCUT2D eigenvalue weighted by atomic mass is 16.4. The number of aromatic amines is 1. The first-order valence-corrected chi connectivity index (χ1v) is 6.05. The van der Waals surface area contributed by atoms with E-state index >= 15 is 0 Å². The Morgan fingerprint density at radius 2 is 2.00 bits per heavy atom. The van der Waals surface area contributed by atoms with Crippen LogP contribution >= 0.6 is 0 Å². The van der Waals surface area contributed by atoms with Crippen LogP contribution in [0.25, 0.3) is 16.6 Å². The summed E-state index contributed by atoms with van der Waals surface area (Å²) in [7, 11) is 0. The summed E-state index contributed by atoms with van der Waals surface area (Å²) in [5.41, 5.74) is 5.38. The largest absolute Gasteiger partial charge is 0.506 e. The fourth-order valence-electron chi connectivity index (χ4n) is 2.15. The van der Waals surface area contributed by atoms with Gasteiger partial charge >= 0.3 is 5.97 Å². The second-order valence-corrected chi connectivity index (χ2v) is 4.55. The van der Waals surface area contributed by atoms with Crippen LogP contribution in [-0.4, -0.2) is 36.1 Å². The highest BCUT2D eigenvalue weighted by Crippen LogP contribution is 2.28. The number of pyridine rings is 1. The van der Waals surface area contributed by atoms with Gasteiger partial charge in [0.1, 0.15) is 28.2 Å². The number of carboxylic acids is 1. The minimum absolute atomic E-state index is 0.0466. The third kappa shape index (κ3) is 1.92.